The fourth-order valence-electron chi connectivity index (χ4n) is 4.16. The molecule has 4 nitrogen and oxygen atoms in total. The van der Waals surface area contributed by atoms with Gasteiger partial charge in [-0.15, -0.1) is 12.4 Å². The van der Waals surface area contributed by atoms with Gasteiger partial charge in [-0.25, -0.2) is 0 Å². The zero-order valence-electron chi connectivity index (χ0n) is 13.6. The van der Waals surface area contributed by atoms with Gasteiger partial charge in [0.1, 0.15) is 0 Å². The number of ether oxygens (including phenoxy) is 1. The molecule has 3 unspecified atom stereocenters. The topological polar surface area (TPSA) is 55.6 Å². The largest absolute Gasteiger partial charge is 0.378 e. The Hall–Kier alpha value is -0.320. The van der Waals surface area contributed by atoms with Crippen LogP contribution in [0.25, 0.3) is 0 Å². The van der Waals surface area contributed by atoms with Crippen molar-refractivity contribution < 1.29 is 9.53 Å². The maximum atomic E-state index is 12.3. The Morgan fingerprint density at radius 3 is 2.52 bits per heavy atom. The summed E-state index contributed by atoms with van der Waals surface area (Å²) in [6.07, 6.45) is 8.08. The summed E-state index contributed by atoms with van der Waals surface area (Å²) in [7, 11) is 1.95. The van der Waals surface area contributed by atoms with Crippen molar-refractivity contribution in [1.82, 2.24) is 4.90 Å². The number of carbonyl (C=O) groups is 1. The molecule has 0 saturated heterocycles. The lowest BCUT2D eigenvalue weighted by Gasteiger charge is -2.60. The first-order chi connectivity index (χ1) is 9.51. The van der Waals surface area contributed by atoms with Gasteiger partial charge in [0.25, 0.3) is 0 Å². The minimum absolute atomic E-state index is 0. The quantitative estimate of drug-likeness (QED) is 0.848. The van der Waals surface area contributed by atoms with Gasteiger partial charge in [0.2, 0.25) is 5.91 Å². The van der Waals surface area contributed by atoms with Crippen LogP contribution in [0.15, 0.2) is 0 Å². The minimum atomic E-state index is -0.0602. The number of hydrogen-bond acceptors (Lipinski definition) is 3. The third-order valence-electron chi connectivity index (χ3n) is 5.25. The van der Waals surface area contributed by atoms with Gasteiger partial charge in [-0.05, 0) is 33.1 Å². The first kappa shape index (κ1) is 18.7. The number of rotatable bonds is 5. The van der Waals surface area contributed by atoms with Crippen LogP contribution >= 0.6 is 12.4 Å². The van der Waals surface area contributed by atoms with E-state index in [0.717, 1.165) is 13.0 Å². The summed E-state index contributed by atoms with van der Waals surface area (Å²) >= 11 is 0. The molecule has 0 aromatic rings. The highest BCUT2D eigenvalue weighted by Crippen LogP contribution is 2.55. The Labute approximate surface area is 135 Å². The van der Waals surface area contributed by atoms with Crippen LogP contribution in [-0.4, -0.2) is 42.6 Å². The van der Waals surface area contributed by atoms with E-state index in [1.54, 1.807) is 0 Å². The van der Waals surface area contributed by atoms with Crippen molar-refractivity contribution in [3.05, 3.63) is 0 Å². The zero-order chi connectivity index (χ0) is 14.8. The van der Waals surface area contributed by atoms with E-state index in [9.17, 15) is 4.79 Å². The lowest BCUT2D eigenvalue weighted by Crippen LogP contribution is -2.65. The van der Waals surface area contributed by atoms with Crippen molar-refractivity contribution in [2.45, 2.75) is 77.0 Å². The molecule has 124 valence electrons. The van der Waals surface area contributed by atoms with E-state index in [1.807, 2.05) is 18.9 Å². The van der Waals surface area contributed by atoms with Crippen molar-refractivity contribution >= 4 is 18.3 Å². The molecule has 0 aromatic carbocycles. The lowest BCUT2D eigenvalue weighted by atomic mass is 9.54. The van der Waals surface area contributed by atoms with Crippen molar-refractivity contribution in [2.24, 2.45) is 11.1 Å². The SMILES string of the molecule is CCOC1CC(N(C)C(=O)CC(C)N)C12CCCCC2.Cl. The third kappa shape index (κ3) is 3.72. The summed E-state index contributed by atoms with van der Waals surface area (Å²) in [5.74, 6) is 0.185. The molecule has 2 aliphatic rings. The smallest absolute Gasteiger partial charge is 0.224 e. The van der Waals surface area contributed by atoms with Gasteiger partial charge < -0.3 is 15.4 Å². The van der Waals surface area contributed by atoms with Gasteiger partial charge >= 0.3 is 0 Å². The summed E-state index contributed by atoms with van der Waals surface area (Å²) in [6.45, 7) is 4.73. The van der Waals surface area contributed by atoms with Gasteiger partial charge in [0, 0.05) is 37.6 Å². The van der Waals surface area contributed by atoms with E-state index in [4.69, 9.17) is 10.5 Å². The highest BCUT2D eigenvalue weighted by Gasteiger charge is 2.57. The van der Waals surface area contributed by atoms with Crippen molar-refractivity contribution in [3.8, 4) is 0 Å². The second-order valence-electron chi connectivity index (χ2n) is 6.68. The number of carbonyl (C=O) groups excluding carboxylic acids is 1. The molecule has 5 heteroatoms. The molecule has 2 aliphatic carbocycles. The van der Waals surface area contributed by atoms with Crippen LogP contribution in [0.1, 0.15) is 58.8 Å². The molecular weight excluding hydrogens is 288 g/mol. The minimum Gasteiger partial charge on any atom is -0.378 e. The molecule has 2 rings (SSSR count). The molecule has 2 fully saturated rings. The number of amides is 1. The second-order valence-corrected chi connectivity index (χ2v) is 6.68. The lowest BCUT2D eigenvalue weighted by molar-refractivity contribution is -0.185. The maximum absolute atomic E-state index is 12.3. The van der Waals surface area contributed by atoms with E-state index in [-0.39, 0.29) is 29.8 Å². The fraction of sp³-hybridized carbons (Fsp3) is 0.938. The average Bonchev–Trinajstić information content (AvgIpc) is 2.42. The summed E-state index contributed by atoms with van der Waals surface area (Å²) in [5.41, 5.74) is 5.98. The molecule has 2 saturated carbocycles. The van der Waals surface area contributed by atoms with Crippen LogP contribution in [0.3, 0.4) is 0 Å². The van der Waals surface area contributed by atoms with Gasteiger partial charge in [-0.3, -0.25) is 4.79 Å². The molecule has 3 atom stereocenters. The highest BCUT2D eigenvalue weighted by molar-refractivity contribution is 5.85. The zero-order valence-corrected chi connectivity index (χ0v) is 14.5. The van der Waals surface area contributed by atoms with Crippen molar-refractivity contribution in [1.29, 1.82) is 0 Å². The highest BCUT2D eigenvalue weighted by atomic mass is 35.5. The molecular formula is C16H31ClN2O2. The molecule has 1 amide bonds. The predicted molar refractivity (Wildman–Crippen MR) is 87.6 cm³/mol. The van der Waals surface area contributed by atoms with Gasteiger partial charge in [-0.2, -0.15) is 0 Å². The summed E-state index contributed by atoms with van der Waals surface area (Å²) < 4.78 is 5.95. The first-order valence-electron chi connectivity index (χ1n) is 8.14. The molecule has 0 aliphatic heterocycles. The second kappa shape index (κ2) is 7.80. The van der Waals surface area contributed by atoms with Crippen LogP contribution in [0.5, 0.6) is 0 Å². The Kier molecular flexibility index (Phi) is 6.95. The fourth-order valence-corrected chi connectivity index (χ4v) is 4.16. The van der Waals surface area contributed by atoms with E-state index in [1.165, 1.54) is 32.1 Å². The molecule has 1 spiro atoms. The van der Waals surface area contributed by atoms with Crippen molar-refractivity contribution in [2.75, 3.05) is 13.7 Å². The monoisotopic (exact) mass is 318 g/mol. The molecule has 0 aromatic heterocycles. The van der Waals surface area contributed by atoms with Gasteiger partial charge in [0.05, 0.1) is 6.10 Å². The Morgan fingerprint density at radius 2 is 2.00 bits per heavy atom. The van der Waals surface area contributed by atoms with E-state index >= 15 is 0 Å². The van der Waals surface area contributed by atoms with Crippen LogP contribution in [0.4, 0.5) is 0 Å². The Morgan fingerprint density at radius 1 is 1.38 bits per heavy atom. The molecule has 0 radical (unpaired) electrons. The van der Waals surface area contributed by atoms with E-state index in [2.05, 4.69) is 6.92 Å². The Bertz CT molecular complexity index is 343. The van der Waals surface area contributed by atoms with E-state index in [0.29, 0.717) is 18.6 Å². The van der Waals surface area contributed by atoms with Crippen LogP contribution in [-0.2, 0) is 9.53 Å². The molecule has 21 heavy (non-hydrogen) atoms. The summed E-state index contributed by atoms with van der Waals surface area (Å²) in [4.78, 5) is 14.2. The molecule has 2 N–H and O–H groups in total. The van der Waals surface area contributed by atoms with Crippen molar-refractivity contribution in [3.63, 3.8) is 0 Å². The molecule has 0 bridgehead atoms. The standard InChI is InChI=1S/C16H30N2O2.ClH/c1-4-20-14-11-13(16(14)8-6-5-7-9-16)18(3)15(19)10-12(2)17;/h12-14H,4-11,17H2,1-3H3;1H. The average molecular weight is 319 g/mol. The third-order valence-corrected chi connectivity index (χ3v) is 5.25. The van der Waals surface area contributed by atoms with Gasteiger partial charge in [0.15, 0.2) is 0 Å². The number of halogens is 1. The summed E-state index contributed by atoms with van der Waals surface area (Å²) in [6, 6.07) is 0.292. The maximum Gasteiger partial charge on any atom is 0.224 e. The van der Waals surface area contributed by atoms with E-state index < -0.39 is 0 Å². The number of hydrogen-bond donors (Lipinski definition) is 1. The number of nitrogens with two attached hydrogens (primary N) is 1. The molecule has 0 heterocycles. The number of nitrogens with zero attached hydrogens (tertiary/aromatic N) is 1. The van der Waals surface area contributed by atoms with Crippen LogP contribution in [0, 0.1) is 5.41 Å². The van der Waals surface area contributed by atoms with Gasteiger partial charge in [-0.1, -0.05) is 19.3 Å². The summed E-state index contributed by atoms with van der Waals surface area (Å²) in [5, 5.41) is 0. The van der Waals surface area contributed by atoms with Crippen LogP contribution in [0.2, 0.25) is 0 Å². The Balaban J connectivity index is 0.00000220. The predicted octanol–water partition coefficient (Wildman–Crippen LogP) is 2.73. The normalized spacial score (nSPS) is 28.4. The first-order valence-corrected chi connectivity index (χ1v) is 8.14. The van der Waals surface area contributed by atoms with Crippen LogP contribution < -0.4 is 5.73 Å².